The summed E-state index contributed by atoms with van der Waals surface area (Å²) in [4.78, 5) is 31.0. The van der Waals surface area contributed by atoms with Crippen LogP contribution in [0.5, 0.6) is 6.01 Å². The molecule has 0 aliphatic carbocycles. The summed E-state index contributed by atoms with van der Waals surface area (Å²) in [7, 11) is 0. The molecule has 14 heteroatoms. The van der Waals surface area contributed by atoms with E-state index in [4.69, 9.17) is 9.72 Å². The summed E-state index contributed by atoms with van der Waals surface area (Å²) in [6.45, 7) is 7.77. The number of halogens is 1. The van der Waals surface area contributed by atoms with Gasteiger partial charge in [-0.05, 0) is 82.7 Å². The van der Waals surface area contributed by atoms with Crippen LogP contribution in [0.4, 0.5) is 15.0 Å². The van der Waals surface area contributed by atoms with Gasteiger partial charge in [-0.25, -0.2) is 13.9 Å². The lowest BCUT2D eigenvalue weighted by Crippen LogP contribution is -2.56. The van der Waals surface area contributed by atoms with Crippen LogP contribution in [-0.4, -0.2) is 96.4 Å². The molecule has 8 rings (SSSR count). The van der Waals surface area contributed by atoms with Crippen molar-refractivity contribution in [3.05, 3.63) is 29.2 Å². The standard InChI is InChI=1S/C31H37FN10O3/c1-18-12-21-25(38-39-42(21)17-43)22(19(18)2)26-23(32)24-20(13-33-26)27(40-9-3-6-30(15-40)14-34-28(44)37-30)36-29(35-24)45-16-31-7-4-10-41(31)11-5-8-31/h12-13,43H,3-11,14-17H2,1-2H3,(H2,34,37,44). The second-order valence-corrected chi connectivity index (χ2v) is 13.1. The maximum Gasteiger partial charge on any atom is 0.319 e. The van der Waals surface area contributed by atoms with Crippen LogP contribution in [0.25, 0.3) is 33.2 Å². The number of ether oxygens (including phenoxy) is 1. The molecule has 236 valence electrons. The van der Waals surface area contributed by atoms with E-state index in [-0.39, 0.29) is 35.5 Å². The first-order valence-corrected chi connectivity index (χ1v) is 15.8. The van der Waals surface area contributed by atoms with Crippen LogP contribution in [0.15, 0.2) is 12.3 Å². The molecule has 4 fully saturated rings. The minimum absolute atomic E-state index is 0.0295. The van der Waals surface area contributed by atoms with Crippen LogP contribution in [0, 0.1) is 19.7 Å². The Labute approximate surface area is 259 Å². The van der Waals surface area contributed by atoms with E-state index in [0.29, 0.717) is 54.0 Å². The predicted molar refractivity (Wildman–Crippen MR) is 164 cm³/mol. The molecule has 1 aromatic carbocycles. The number of nitrogens with zero attached hydrogens (tertiary/aromatic N) is 8. The molecule has 3 aromatic heterocycles. The number of carbonyl (C=O) groups excluding carboxylic acids is 1. The van der Waals surface area contributed by atoms with Gasteiger partial charge >= 0.3 is 12.0 Å². The molecule has 4 aromatic rings. The zero-order valence-corrected chi connectivity index (χ0v) is 25.6. The molecule has 4 aliphatic rings. The van der Waals surface area contributed by atoms with Crippen molar-refractivity contribution < 1.29 is 19.0 Å². The molecule has 3 N–H and O–H groups in total. The Morgan fingerprint density at radius 2 is 1.89 bits per heavy atom. The predicted octanol–water partition coefficient (Wildman–Crippen LogP) is 2.80. The molecular weight excluding hydrogens is 579 g/mol. The average Bonchev–Trinajstić information content (AvgIpc) is 3.81. The monoisotopic (exact) mass is 616 g/mol. The third kappa shape index (κ3) is 4.48. The lowest BCUT2D eigenvalue weighted by Gasteiger charge is -2.40. The highest BCUT2D eigenvalue weighted by atomic mass is 19.1. The molecule has 1 spiro atoms. The minimum Gasteiger partial charge on any atom is -0.461 e. The van der Waals surface area contributed by atoms with Gasteiger partial charge in [0.05, 0.1) is 22.0 Å². The number of aliphatic hydroxyl groups excluding tert-OH is 1. The van der Waals surface area contributed by atoms with Crippen molar-refractivity contribution in [3.63, 3.8) is 0 Å². The number of piperidine rings is 1. The number of aryl methyl sites for hydroxylation is 1. The first-order valence-electron chi connectivity index (χ1n) is 15.8. The number of nitrogens with one attached hydrogen (secondary N) is 2. The summed E-state index contributed by atoms with van der Waals surface area (Å²) in [6, 6.07) is 1.83. The number of hydrogen-bond donors (Lipinski definition) is 3. The van der Waals surface area contributed by atoms with Crippen molar-refractivity contribution in [2.45, 2.75) is 70.2 Å². The van der Waals surface area contributed by atoms with E-state index >= 15 is 4.39 Å². The quantitative estimate of drug-likeness (QED) is 0.296. The number of benzene rings is 1. The number of fused-ring (bicyclic) bond motifs is 3. The molecule has 0 bridgehead atoms. The molecule has 4 saturated heterocycles. The van der Waals surface area contributed by atoms with Crippen LogP contribution in [0.1, 0.15) is 49.7 Å². The van der Waals surface area contributed by atoms with Crippen LogP contribution in [0.2, 0.25) is 0 Å². The van der Waals surface area contributed by atoms with Crippen molar-refractivity contribution in [1.82, 2.24) is 45.5 Å². The Kier molecular flexibility index (Phi) is 6.57. The zero-order chi connectivity index (χ0) is 30.9. The summed E-state index contributed by atoms with van der Waals surface area (Å²) in [5.41, 5.74) is 3.01. The maximum absolute atomic E-state index is 16.9. The summed E-state index contributed by atoms with van der Waals surface area (Å²) < 4.78 is 24.7. The molecule has 1 unspecified atom stereocenters. The smallest absolute Gasteiger partial charge is 0.319 e. The summed E-state index contributed by atoms with van der Waals surface area (Å²) in [6.07, 6.45) is 7.69. The van der Waals surface area contributed by atoms with Gasteiger partial charge in [-0.2, -0.15) is 9.97 Å². The largest absolute Gasteiger partial charge is 0.461 e. The van der Waals surface area contributed by atoms with Gasteiger partial charge < -0.3 is 25.4 Å². The number of anilines is 1. The zero-order valence-electron chi connectivity index (χ0n) is 25.6. The second-order valence-electron chi connectivity index (χ2n) is 13.1. The SMILES string of the molecule is Cc1cc2c(nnn2CO)c(-c2ncc3c(N4CCCC5(CNC(=O)N5)C4)nc(OCC45CCCN4CCC5)nc3c2F)c1C. The fourth-order valence-corrected chi connectivity index (χ4v) is 8.02. The van der Waals surface area contributed by atoms with Crippen molar-refractivity contribution in [2.24, 2.45) is 0 Å². The average molecular weight is 617 g/mol. The van der Waals surface area contributed by atoms with E-state index in [0.717, 1.165) is 62.7 Å². The molecule has 1 atom stereocenters. The van der Waals surface area contributed by atoms with E-state index in [1.54, 1.807) is 6.20 Å². The first-order chi connectivity index (χ1) is 21.8. The highest BCUT2D eigenvalue weighted by Gasteiger charge is 2.45. The highest BCUT2D eigenvalue weighted by Crippen LogP contribution is 2.41. The van der Waals surface area contributed by atoms with Crippen LogP contribution in [-0.2, 0) is 6.73 Å². The topological polar surface area (TPSA) is 146 Å². The van der Waals surface area contributed by atoms with Crippen molar-refractivity contribution in [3.8, 4) is 17.3 Å². The second kappa shape index (κ2) is 10.4. The van der Waals surface area contributed by atoms with Crippen LogP contribution in [0.3, 0.4) is 0 Å². The van der Waals surface area contributed by atoms with E-state index < -0.39 is 11.4 Å². The number of carbonyl (C=O) groups is 1. The number of hydrogen-bond acceptors (Lipinski definition) is 10. The van der Waals surface area contributed by atoms with Gasteiger partial charge in [0.15, 0.2) is 5.82 Å². The van der Waals surface area contributed by atoms with Gasteiger partial charge in [-0.1, -0.05) is 5.21 Å². The van der Waals surface area contributed by atoms with Crippen molar-refractivity contribution in [1.29, 1.82) is 0 Å². The van der Waals surface area contributed by atoms with Crippen LogP contribution >= 0.6 is 0 Å². The number of pyridine rings is 1. The Balaban J connectivity index is 1.26. The summed E-state index contributed by atoms with van der Waals surface area (Å²) >= 11 is 0. The fraction of sp³-hybridized carbons (Fsp3) is 0.548. The molecule has 45 heavy (non-hydrogen) atoms. The van der Waals surface area contributed by atoms with E-state index in [9.17, 15) is 9.90 Å². The summed E-state index contributed by atoms with van der Waals surface area (Å²) in [5, 5.41) is 24.6. The highest BCUT2D eigenvalue weighted by molar-refractivity contribution is 5.98. The molecule has 13 nitrogen and oxygen atoms in total. The van der Waals surface area contributed by atoms with Crippen LogP contribution < -0.4 is 20.3 Å². The Morgan fingerprint density at radius 3 is 2.64 bits per heavy atom. The number of amides is 2. The number of urea groups is 1. The van der Waals surface area contributed by atoms with Crippen molar-refractivity contribution >= 4 is 33.8 Å². The Morgan fingerprint density at radius 1 is 1.09 bits per heavy atom. The Bertz CT molecular complexity index is 1840. The van der Waals surface area contributed by atoms with Gasteiger partial charge in [0.2, 0.25) is 0 Å². The third-order valence-corrected chi connectivity index (χ3v) is 10.5. The normalized spacial score (nSPS) is 22.8. The molecule has 2 amide bonds. The number of aromatic nitrogens is 6. The molecule has 0 radical (unpaired) electrons. The van der Waals surface area contributed by atoms with Crippen molar-refractivity contribution in [2.75, 3.05) is 44.2 Å². The maximum atomic E-state index is 16.9. The first kappa shape index (κ1) is 28.3. The third-order valence-electron chi connectivity index (χ3n) is 10.5. The van der Waals surface area contributed by atoms with Gasteiger partial charge in [0, 0.05) is 31.4 Å². The number of aliphatic hydroxyl groups is 1. The fourth-order valence-electron chi connectivity index (χ4n) is 8.02. The molecule has 7 heterocycles. The van der Waals surface area contributed by atoms with Gasteiger partial charge in [0.1, 0.15) is 35.9 Å². The lowest BCUT2D eigenvalue weighted by atomic mass is 9.90. The van der Waals surface area contributed by atoms with Gasteiger partial charge in [-0.3, -0.25) is 9.88 Å². The molecule has 0 saturated carbocycles. The van der Waals surface area contributed by atoms with E-state index in [1.807, 2.05) is 19.9 Å². The molecule has 4 aliphatic heterocycles. The van der Waals surface area contributed by atoms with E-state index in [1.165, 1.54) is 4.68 Å². The summed E-state index contributed by atoms with van der Waals surface area (Å²) in [5.74, 6) is -0.0589. The van der Waals surface area contributed by atoms with Gasteiger partial charge in [-0.15, -0.1) is 5.10 Å². The number of rotatable bonds is 6. The molecular formula is C31H37FN10O3. The van der Waals surface area contributed by atoms with Gasteiger partial charge in [0.25, 0.3) is 0 Å². The van der Waals surface area contributed by atoms with E-state index in [2.05, 4.69) is 40.7 Å². The minimum atomic E-state index is -0.598. The Hall–Kier alpha value is -4.17. The lowest BCUT2D eigenvalue weighted by molar-refractivity contribution is 0.108.